The van der Waals surface area contributed by atoms with E-state index in [1.807, 2.05) is 62.4 Å². The van der Waals surface area contributed by atoms with E-state index < -0.39 is 54.5 Å². The summed E-state index contributed by atoms with van der Waals surface area (Å²) < 4.78 is 5.63. The van der Waals surface area contributed by atoms with Gasteiger partial charge in [-0.25, -0.2) is 9.59 Å². The molecule has 1 aliphatic rings. The largest absolute Gasteiger partial charge is 0.480 e. The Hall–Kier alpha value is -4.45. The number of alkyl carbamates (subject to hydrolysis) is 1. The van der Waals surface area contributed by atoms with Crippen molar-refractivity contribution in [2.45, 2.75) is 77.4 Å². The van der Waals surface area contributed by atoms with Crippen LogP contribution in [0.3, 0.4) is 0 Å². The summed E-state index contributed by atoms with van der Waals surface area (Å²) in [6.07, 6.45) is 0.887. The Labute approximate surface area is 270 Å². The highest BCUT2D eigenvalue weighted by Gasteiger charge is 2.32. The van der Waals surface area contributed by atoms with Gasteiger partial charge < -0.3 is 36.8 Å². The van der Waals surface area contributed by atoms with Gasteiger partial charge >= 0.3 is 12.1 Å². The van der Waals surface area contributed by atoms with Crippen LogP contribution in [0.4, 0.5) is 4.79 Å². The third-order valence-corrected chi connectivity index (χ3v) is 7.91. The minimum Gasteiger partial charge on any atom is -0.480 e. The molecule has 0 saturated heterocycles. The lowest BCUT2D eigenvalue weighted by atomic mass is 9.98. The summed E-state index contributed by atoms with van der Waals surface area (Å²) in [5.41, 5.74) is 9.79. The van der Waals surface area contributed by atoms with E-state index in [2.05, 4.69) is 21.3 Å². The zero-order valence-electron chi connectivity index (χ0n) is 27.0. The van der Waals surface area contributed by atoms with Gasteiger partial charge in [-0.05, 0) is 66.3 Å². The molecule has 3 atom stereocenters. The van der Waals surface area contributed by atoms with Crippen LogP contribution in [0, 0.1) is 11.8 Å². The third-order valence-electron chi connectivity index (χ3n) is 7.91. The van der Waals surface area contributed by atoms with Crippen LogP contribution in [-0.4, -0.2) is 72.7 Å². The minimum atomic E-state index is -1.18. The Bertz CT molecular complexity index is 1330. The summed E-state index contributed by atoms with van der Waals surface area (Å²) in [5, 5.41) is 19.7. The Morgan fingerprint density at radius 3 is 1.98 bits per heavy atom. The van der Waals surface area contributed by atoms with Gasteiger partial charge in [0.25, 0.3) is 0 Å². The molecule has 12 heteroatoms. The molecule has 1 aliphatic carbocycles. The van der Waals surface area contributed by atoms with Crippen LogP contribution in [0.15, 0.2) is 48.5 Å². The van der Waals surface area contributed by atoms with Crippen molar-refractivity contribution in [2.75, 3.05) is 19.7 Å². The Morgan fingerprint density at radius 2 is 1.43 bits per heavy atom. The topological polar surface area (TPSA) is 189 Å². The van der Waals surface area contributed by atoms with E-state index in [0.29, 0.717) is 19.4 Å². The van der Waals surface area contributed by atoms with Crippen LogP contribution in [-0.2, 0) is 23.9 Å². The van der Waals surface area contributed by atoms with Crippen LogP contribution in [0.25, 0.3) is 11.1 Å². The van der Waals surface area contributed by atoms with E-state index in [9.17, 15) is 29.1 Å². The summed E-state index contributed by atoms with van der Waals surface area (Å²) in [5.74, 6) is -3.48. The molecule has 2 aromatic carbocycles. The molecule has 0 radical (unpaired) electrons. The molecule has 0 aliphatic heterocycles. The highest BCUT2D eigenvalue weighted by Crippen LogP contribution is 2.44. The monoisotopic (exact) mass is 637 g/mol. The van der Waals surface area contributed by atoms with Crippen LogP contribution >= 0.6 is 0 Å². The number of hydrogen-bond acceptors (Lipinski definition) is 7. The van der Waals surface area contributed by atoms with Gasteiger partial charge in [0.15, 0.2) is 0 Å². The van der Waals surface area contributed by atoms with Crippen molar-refractivity contribution in [3.05, 3.63) is 59.7 Å². The standard InChI is InChI=1S/C34H47N5O7/c1-20(2)17-28(31(41)36-18-29(40)37-27(33(43)44)15-9-10-16-35)38-32(42)30(21(3)4)39-34(45)46-19-26-24-13-7-5-11-22(24)23-12-6-8-14-25(23)26/h5-8,11-14,20-21,26-28,30H,9-10,15-19,35H2,1-4H3,(H,36,41)(H,37,40)(H,38,42)(H,39,45)(H,43,44)/t27-,28-,30-/m0/s1. The lowest BCUT2D eigenvalue weighted by Gasteiger charge is -2.26. The molecule has 7 N–H and O–H groups in total. The van der Waals surface area contributed by atoms with Crippen molar-refractivity contribution in [3.8, 4) is 11.1 Å². The lowest BCUT2D eigenvalue weighted by molar-refractivity contribution is -0.142. The molecule has 250 valence electrons. The highest BCUT2D eigenvalue weighted by molar-refractivity contribution is 5.93. The number of rotatable bonds is 17. The summed E-state index contributed by atoms with van der Waals surface area (Å²) in [7, 11) is 0. The number of aliphatic carboxylic acids is 1. The molecule has 3 rings (SSSR count). The molecule has 0 bridgehead atoms. The van der Waals surface area contributed by atoms with Gasteiger partial charge in [-0.15, -0.1) is 0 Å². The first-order valence-corrected chi connectivity index (χ1v) is 15.8. The third kappa shape index (κ3) is 10.0. The quantitative estimate of drug-likeness (QED) is 0.143. The second-order valence-corrected chi connectivity index (χ2v) is 12.3. The number of fused-ring (bicyclic) bond motifs is 3. The van der Waals surface area contributed by atoms with Crippen LogP contribution in [0.2, 0.25) is 0 Å². The number of ether oxygens (including phenoxy) is 1. The van der Waals surface area contributed by atoms with E-state index in [-0.39, 0.29) is 37.2 Å². The number of carboxylic acids is 1. The summed E-state index contributed by atoms with van der Waals surface area (Å²) in [6, 6.07) is 12.9. The van der Waals surface area contributed by atoms with Gasteiger partial charge in [0, 0.05) is 5.92 Å². The smallest absolute Gasteiger partial charge is 0.407 e. The molecule has 0 spiro atoms. The minimum absolute atomic E-state index is 0.0106. The van der Waals surface area contributed by atoms with Crippen LogP contribution < -0.4 is 27.0 Å². The number of unbranched alkanes of at least 4 members (excludes halogenated alkanes) is 1. The van der Waals surface area contributed by atoms with Crippen LogP contribution in [0.1, 0.15) is 70.4 Å². The van der Waals surface area contributed by atoms with Crippen molar-refractivity contribution < 1.29 is 33.8 Å². The van der Waals surface area contributed by atoms with Crippen molar-refractivity contribution in [1.82, 2.24) is 21.3 Å². The fourth-order valence-corrected chi connectivity index (χ4v) is 5.55. The predicted octanol–water partition coefficient (Wildman–Crippen LogP) is 2.90. The number of carbonyl (C=O) groups is 5. The molecule has 0 saturated carbocycles. The van der Waals surface area contributed by atoms with E-state index in [1.54, 1.807) is 13.8 Å². The Kier molecular flexibility index (Phi) is 13.5. The lowest BCUT2D eigenvalue weighted by Crippen LogP contribution is -2.56. The van der Waals surface area contributed by atoms with Crippen molar-refractivity contribution in [1.29, 1.82) is 0 Å². The van der Waals surface area contributed by atoms with Crippen LogP contribution in [0.5, 0.6) is 0 Å². The number of hydrogen-bond donors (Lipinski definition) is 6. The molecule has 0 unspecified atom stereocenters. The molecule has 4 amide bonds. The molecule has 46 heavy (non-hydrogen) atoms. The first-order valence-electron chi connectivity index (χ1n) is 15.8. The molecule has 0 heterocycles. The number of nitrogens with one attached hydrogen (secondary N) is 4. The second-order valence-electron chi connectivity index (χ2n) is 12.3. The highest BCUT2D eigenvalue weighted by atomic mass is 16.5. The molecular weight excluding hydrogens is 590 g/mol. The van der Waals surface area contributed by atoms with E-state index in [4.69, 9.17) is 10.5 Å². The first kappa shape index (κ1) is 36.0. The Morgan fingerprint density at radius 1 is 0.826 bits per heavy atom. The van der Waals surface area contributed by atoms with Gasteiger partial charge in [-0.2, -0.15) is 0 Å². The zero-order valence-corrected chi connectivity index (χ0v) is 27.0. The zero-order chi connectivity index (χ0) is 33.8. The van der Waals surface area contributed by atoms with Gasteiger partial charge in [-0.3, -0.25) is 14.4 Å². The molecule has 0 aromatic heterocycles. The predicted molar refractivity (Wildman–Crippen MR) is 174 cm³/mol. The van der Waals surface area contributed by atoms with E-state index in [0.717, 1.165) is 22.3 Å². The van der Waals surface area contributed by atoms with Gasteiger partial charge in [0.1, 0.15) is 24.7 Å². The van der Waals surface area contributed by atoms with Crippen molar-refractivity contribution in [3.63, 3.8) is 0 Å². The molecule has 0 fully saturated rings. The summed E-state index contributed by atoms with van der Waals surface area (Å²) in [4.78, 5) is 63.3. The summed E-state index contributed by atoms with van der Waals surface area (Å²) >= 11 is 0. The number of carboxylic acid groups (broad SMARTS) is 1. The maximum absolute atomic E-state index is 13.4. The van der Waals surface area contributed by atoms with Gasteiger partial charge in [0.2, 0.25) is 17.7 Å². The van der Waals surface area contributed by atoms with E-state index in [1.165, 1.54) is 0 Å². The SMILES string of the molecule is CC(C)C[C@H](NC(=O)[C@@H](NC(=O)OCC1c2ccccc2-c2ccccc21)C(C)C)C(=O)NCC(=O)N[C@@H](CCCCN)C(=O)O. The maximum Gasteiger partial charge on any atom is 0.407 e. The molecule has 12 nitrogen and oxygen atoms in total. The number of nitrogens with two attached hydrogens (primary N) is 1. The summed E-state index contributed by atoms with van der Waals surface area (Å²) in [6.45, 7) is 7.33. The number of carbonyl (C=O) groups excluding carboxylic acids is 4. The van der Waals surface area contributed by atoms with E-state index >= 15 is 0 Å². The van der Waals surface area contributed by atoms with Gasteiger partial charge in [0.05, 0.1) is 6.54 Å². The fraction of sp³-hybridized carbons (Fsp3) is 0.500. The van der Waals surface area contributed by atoms with Crippen molar-refractivity contribution in [2.24, 2.45) is 17.6 Å². The number of amides is 4. The first-order chi connectivity index (χ1) is 21.9. The molecular formula is C34H47N5O7. The maximum atomic E-state index is 13.4. The second kappa shape index (κ2) is 17.3. The average molecular weight is 638 g/mol. The molecule has 2 aromatic rings. The van der Waals surface area contributed by atoms with Gasteiger partial charge in [-0.1, -0.05) is 76.2 Å². The normalized spacial score (nSPS) is 14.1. The Balaban J connectivity index is 1.58. The van der Waals surface area contributed by atoms with Crippen molar-refractivity contribution >= 4 is 29.8 Å². The number of benzene rings is 2. The average Bonchev–Trinajstić information content (AvgIpc) is 3.33. The fourth-order valence-electron chi connectivity index (χ4n) is 5.55.